The van der Waals surface area contributed by atoms with Gasteiger partial charge in [-0.3, -0.25) is 0 Å². The fourth-order valence-corrected chi connectivity index (χ4v) is 2.77. The highest BCUT2D eigenvalue weighted by Gasteiger charge is 2.04. The van der Waals surface area contributed by atoms with E-state index in [1.807, 2.05) is 0 Å². The van der Waals surface area contributed by atoms with Crippen LogP contribution in [0.25, 0.3) is 0 Å². The molecule has 0 aliphatic rings. The van der Waals surface area contributed by atoms with Crippen LogP contribution in [0.3, 0.4) is 0 Å². The highest BCUT2D eigenvalue weighted by molar-refractivity contribution is 7.98. The highest BCUT2D eigenvalue weighted by Crippen LogP contribution is 2.28. The average Bonchev–Trinajstić information content (AvgIpc) is 2.26. The second-order valence-electron chi connectivity index (χ2n) is 3.74. The summed E-state index contributed by atoms with van der Waals surface area (Å²) in [6.45, 7) is 0. The Morgan fingerprint density at radius 3 is 2.50 bits per heavy atom. The van der Waals surface area contributed by atoms with Gasteiger partial charge in [-0.05, 0) is 35.9 Å². The molecule has 0 unspecified atom stereocenters. The van der Waals surface area contributed by atoms with E-state index in [0.717, 1.165) is 5.56 Å². The number of anilines is 1. The quantitative estimate of drug-likeness (QED) is 0.664. The Morgan fingerprint density at radius 2 is 1.83 bits per heavy atom. The van der Waals surface area contributed by atoms with Crippen molar-refractivity contribution < 1.29 is 8.78 Å². The van der Waals surface area contributed by atoms with Crippen molar-refractivity contribution in [3.8, 4) is 0 Å². The zero-order valence-corrected chi connectivity index (χ0v) is 10.9. The van der Waals surface area contributed by atoms with Crippen LogP contribution in [-0.2, 0) is 5.75 Å². The summed E-state index contributed by atoms with van der Waals surface area (Å²) in [6, 6.07) is 8.57. The van der Waals surface area contributed by atoms with Gasteiger partial charge in [-0.1, -0.05) is 17.7 Å². The largest absolute Gasteiger partial charge is 0.399 e. The number of benzene rings is 2. The molecule has 5 heteroatoms. The summed E-state index contributed by atoms with van der Waals surface area (Å²) in [5.41, 5.74) is 6.72. The standard InChI is InChI=1S/C13H10ClF2NS/c14-13-5-9(15)2-1-8(13)7-18-12-4-10(16)3-11(17)6-12/h1-6H,7,17H2. The van der Waals surface area contributed by atoms with E-state index in [-0.39, 0.29) is 11.6 Å². The topological polar surface area (TPSA) is 26.0 Å². The van der Waals surface area contributed by atoms with E-state index in [1.165, 1.54) is 36.0 Å². The van der Waals surface area contributed by atoms with E-state index >= 15 is 0 Å². The molecule has 0 bridgehead atoms. The van der Waals surface area contributed by atoms with E-state index in [0.29, 0.717) is 21.4 Å². The van der Waals surface area contributed by atoms with Crippen molar-refractivity contribution in [1.82, 2.24) is 0 Å². The van der Waals surface area contributed by atoms with Crippen LogP contribution in [0.5, 0.6) is 0 Å². The number of hydrogen-bond acceptors (Lipinski definition) is 2. The number of rotatable bonds is 3. The molecule has 0 heterocycles. The number of hydrogen-bond donors (Lipinski definition) is 1. The van der Waals surface area contributed by atoms with Gasteiger partial charge < -0.3 is 5.73 Å². The third kappa shape index (κ3) is 3.37. The summed E-state index contributed by atoms with van der Waals surface area (Å²) in [7, 11) is 0. The summed E-state index contributed by atoms with van der Waals surface area (Å²) in [4.78, 5) is 0.716. The lowest BCUT2D eigenvalue weighted by Gasteiger charge is -2.05. The Labute approximate surface area is 113 Å². The van der Waals surface area contributed by atoms with E-state index in [9.17, 15) is 8.78 Å². The molecule has 0 aliphatic carbocycles. The second kappa shape index (κ2) is 5.59. The molecular formula is C13H10ClF2NS. The molecule has 18 heavy (non-hydrogen) atoms. The maximum Gasteiger partial charge on any atom is 0.126 e. The molecular weight excluding hydrogens is 276 g/mol. The van der Waals surface area contributed by atoms with Gasteiger partial charge >= 0.3 is 0 Å². The normalized spacial score (nSPS) is 10.6. The van der Waals surface area contributed by atoms with Crippen LogP contribution < -0.4 is 5.73 Å². The second-order valence-corrected chi connectivity index (χ2v) is 5.20. The number of thioether (sulfide) groups is 1. The molecule has 1 nitrogen and oxygen atoms in total. The molecule has 0 saturated carbocycles. The van der Waals surface area contributed by atoms with Gasteiger partial charge in [0.05, 0.1) is 0 Å². The van der Waals surface area contributed by atoms with Gasteiger partial charge in [0.2, 0.25) is 0 Å². The van der Waals surface area contributed by atoms with Gasteiger partial charge in [-0.15, -0.1) is 11.8 Å². The molecule has 0 aliphatic heterocycles. The zero-order valence-electron chi connectivity index (χ0n) is 9.29. The van der Waals surface area contributed by atoms with Crippen molar-refractivity contribution in [1.29, 1.82) is 0 Å². The Hall–Kier alpha value is -1.26. The van der Waals surface area contributed by atoms with Gasteiger partial charge in [0.1, 0.15) is 11.6 Å². The summed E-state index contributed by atoms with van der Waals surface area (Å²) in [6.07, 6.45) is 0. The number of nitrogen functional groups attached to an aromatic ring is 1. The molecule has 0 aromatic heterocycles. The molecule has 0 spiro atoms. The first kappa shape index (κ1) is 13.2. The van der Waals surface area contributed by atoms with Crippen molar-refractivity contribution in [2.75, 3.05) is 5.73 Å². The summed E-state index contributed by atoms with van der Waals surface area (Å²) in [5, 5.41) is 0.367. The van der Waals surface area contributed by atoms with E-state index in [4.69, 9.17) is 17.3 Å². The molecule has 0 fully saturated rings. The van der Waals surface area contributed by atoms with E-state index in [2.05, 4.69) is 0 Å². The van der Waals surface area contributed by atoms with E-state index in [1.54, 1.807) is 12.1 Å². The first-order valence-corrected chi connectivity index (χ1v) is 6.54. The molecule has 0 atom stereocenters. The Balaban J connectivity index is 2.11. The zero-order chi connectivity index (χ0) is 13.1. The van der Waals surface area contributed by atoms with Crippen LogP contribution in [-0.4, -0.2) is 0 Å². The fourth-order valence-electron chi connectivity index (χ4n) is 1.47. The molecule has 2 aromatic carbocycles. The van der Waals surface area contributed by atoms with Crippen LogP contribution in [0, 0.1) is 11.6 Å². The third-order valence-corrected chi connectivity index (χ3v) is 3.68. The monoisotopic (exact) mass is 285 g/mol. The molecule has 94 valence electrons. The Bertz CT molecular complexity index is 555. The summed E-state index contributed by atoms with van der Waals surface area (Å²) in [5.74, 6) is -0.214. The minimum absolute atomic E-state index is 0.367. The highest BCUT2D eigenvalue weighted by atomic mass is 35.5. The predicted molar refractivity (Wildman–Crippen MR) is 71.8 cm³/mol. The third-order valence-electron chi connectivity index (χ3n) is 2.30. The van der Waals surface area contributed by atoms with Crippen molar-refractivity contribution in [3.63, 3.8) is 0 Å². The van der Waals surface area contributed by atoms with Gasteiger partial charge in [-0.25, -0.2) is 8.78 Å². The van der Waals surface area contributed by atoms with Crippen molar-refractivity contribution >= 4 is 29.1 Å². The van der Waals surface area contributed by atoms with Gasteiger partial charge in [-0.2, -0.15) is 0 Å². The molecule has 2 N–H and O–H groups in total. The minimum atomic E-state index is -0.372. The Morgan fingerprint density at radius 1 is 1.06 bits per heavy atom. The SMILES string of the molecule is Nc1cc(F)cc(SCc2ccc(F)cc2Cl)c1. The average molecular weight is 286 g/mol. The van der Waals surface area contributed by atoms with E-state index < -0.39 is 0 Å². The van der Waals surface area contributed by atoms with Crippen LogP contribution >= 0.6 is 23.4 Å². The predicted octanol–water partition coefficient (Wildman–Crippen LogP) is 4.49. The van der Waals surface area contributed by atoms with Crippen LogP contribution in [0.15, 0.2) is 41.3 Å². The van der Waals surface area contributed by atoms with Crippen molar-refractivity contribution in [2.45, 2.75) is 10.6 Å². The van der Waals surface area contributed by atoms with Crippen molar-refractivity contribution in [2.24, 2.45) is 0 Å². The fraction of sp³-hybridized carbons (Fsp3) is 0.0769. The molecule has 0 amide bonds. The van der Waals surface area contributed by atoms with Crippen LogP contribution in [0.2, 0.25) is 5.02 Å². The first-order chi connectivity index (χ1) is 8.54. The smallest absolute Gasteiger partial charge is 0.126 e. The number of halogens is 3. The van der Waals surface area contributed by atoms with Gasteiger partial charge in [0.15, 0.2) is 0 Å². The lowest BCUT2D eigenvalue weighted by Crippen LogP contribution is -1.88. The summed E-state index contributed by atoms with van der Waals surface area (Å²) >= 11 is 7.30. The van der Waals surface area contributed by atoms with Gasteiger partial charge in [0, 0.05) is 21.4 Å². The lowest BCUT2D eigenvalue weighted by atomic mass is 10.2. The summed E-state index contributed by atoms with van der Waals surface area (Å²) < 4.78 is 26.0. The first-order valence-electron chi connectivity index (χ1n) is 5.17. The maximum absolute atomic E-state index is 13.1. The van der Waals surface area contributed by atoms with Crippen molar-refractivity contribution in [3.05, 3.63) is 58.6 Å². The van der Waals surface area contributed by atoms with Gasteiger partial charge in [0.25, 0.3) is 0 Å². The minimum Gasteiger partial charge on any atom is -0.399 e. The Kier molecular flexibility index (Phi) is 4.09. The molecule has 2 aromatic rings. The van der Waals surface area contributed by atoms with Crippen LogP contribution in [0.4, 0.5) is 14.5 Å². The molecule has 0 radical (unpaired) electrons. The number of nitrogens with two attached hydrogens (primary N) is 1. The molecule has 2 rings (SSSR count). The van der Waals surface area contributed by atoms with Crippen LogP contribution in [0.1, 0.15) is 5.56 Å². The maximum atomic E-state index is 13.1. The molecule has 0 saturated heterocycles. The lowest BCUT2D eigenvalue weighted by molar-refractivity contribution is 0.625.